The zero-order valence-corrected chi connectivity index (χ0v) is 20.9. The lowest BCUT2D eigenvalue weighted by molar-refractivity contribution is -0.133. The molecule has 0 unspecified atom stereocenters. The molecule has 3 aromatic heterocycles. The molecule has 10 heteroatoms. The maximum Gasteiger partial charge on any atom is 0.408 e. The Morgan fingerprint density at radius 1 is 1.09 bits per heavy atom. The van der Waals surface area contributed by atoms with E-state index in [2.05, 4.69) is 19.9 Å². The van der Waals surface area contributed by atoms with Gasteiger partial charge in [-0.3, -0.25) is 0 Å². The summed E-state index contributed by atoms with van der Waals surface area (Å²) in [5, 5.41) is 3.77. The van der Waals surface area contributed by atoms with Crippen molar-refractivity contribution in [3.63, 3.8) is 0 Å². The van der Waals surface area contributed by atoms with Gasteiger partial charge in [0, 0.05) is 11.6 Å². The summed E-state index contributed by atoms with van der Waals surface area (Å²) in [4.78, 5) is 21.5. The quantitative estimate of drug-likeness (QED) is 0.459. The number of nitrogens with one attached hydrogen (secondary N) is 1. The highest BCUT2D eigenvalue weighted by molar-refractivity contribution is 7.90. The molecule has 7 rings (SSSR count). The second-order valence-electron chi connectivity index (χ2n) is 10.9. The number of hydrogen-bond acceptors (Lipinski definition) is 6. The fourth-order valence-corrected chi connectivity index (χ4v) is 6.89. The summed E-state index contributed by atoms with van der Waals surface area (Å²) in [6, 6.07) is 8.57. The number of imidazole rings is 1. The number of carbonyl (C=O) groups is 1. The number of amides is 1. The molecular weight excluding hydrogens is 466 g/mol. The molecule has 3 heterocycles. The molecule has 3 aliphatic rings. The molecule has 0 saturated heterocycles. The van der Waals surface area contributed by atoms with Crippen LogP contribution in [0.4, 0.5) is 4.79 Å². The van der Waals surface area contributed by atoms with Crippen molar-refractivity contribution in [2.45, 2.75) is 68.5 Å². The Morgan fingerprint density at radius 3 is 2.43 bits per heavy atom. The van der Waals surface area contributed by atoms with E-state index >= 15 is 0 Å². The summed E-state index contributed by atoms with van der Waals surface area (Å²) in [5.41, 5.74) is 1.97. The molecule has 1 aromatic carbocycles. The van der Waals surface area contributed by atoms with Crippen LogP contribution in [0.1, 0.15) is 45.6 Å². The van der Waals surface area contributed by atoms with E-state index in [0.29, 0.717) is 11.2 Å². The minimum Gasteiger partial charge on any atom is -0.444 e. The van der Waals surface area contributed by atoms with Crippen LogP contribution in [-0.2, 0) is 20.3 Å². The number of carbonyl (C=O) groups excluding carboxylic acids is 1. The van der Waals surface area contributed by atoms with E-state index in [1.165, 1.54) is 3.97 Å². The minimum absolute atomic E-state index is 0.157. The van der Waals surface area contributed by atoms with Crippen molar-refractivity contribution in [1.82, 2.24) is 23.8 Å². The van der Waals surface area contributed by atoms with Gasteiger partial charge in [0.1, 0.15) is 11.1 Å². The molecule has 3 saturated carbocycles. The number of rotatable bonds is 4. The van der Waals surface area contributed by atoms with E-state index in [0.717, 1.165) is 35.7 Å². The van der Waals surface area contributed by atoms with Crippen molar-refractivity contribution < 1.29 is 17.9 Å². The number of hydrogen-bond donors (Lipinski definition) is 1. The van der Waals surface area contributed by atoms with E-state index in [-0.39, 0.29) is 16.0 Å². The van der Waals surface area contributed by atoms with Crippen molar-refractivity contribution in [2.24, 2.45) is 0 Å². The Morgan fingerprint density at radius 2 is 1.77 bits per heavy atom. The van der Waals surface area contributed by atoms with E-state index in [9.17, 15) is 13.2 Å². The summed E-state index contributed by atoms with van der Waals surface area (Å²) < 4.78 is 35.5. The molecule has 0 radical (unpaired) electrons. The molecule has 0 spiro atoms. The maximum absolute atomic E-state index is 13.3. The zero-order valence-electron chi connectivity index (χ0n) is 20.1. The summed E-state index contributed by atoms with van der Waals surface area (Å²) in [5.74, 6) is 0. The third kappa shape index (κ3) is 3.26. The van der Waals surface area contributed by atoms with E-state index in [1.54, 1.807) is 49.1 Å². The van der Waals surface area contributed by atoms with Gasteiger partial charge in [0.05, 0.1) is 34.0 Å². The first kappa shape index (κ1) is 22.1. The lowest BCUT2D eigenvalue weighted by atomic mass is 9.44. The van der Waals surface area contributed by atoms with Gasteiger partial charge in [0.25, 0.3) is 10.0 Å². The van der Waals surface area contributed by atoms with Crippen LogP contribution in [0.3, 0.4) is 0 Å². The van der Waals surface area contributed by atoms with Gasteiger partial charge in [0.2, 0.25) is 0 Å². The molecule has 0 atom stereocenters. The number of ether oxygens (including phenoxy) is 1. The highest BCUT2D eigenvalue weighted by Gasteiger charge is 2.70. The highest BCUT2D eigenvalue weighted by atomic mass is 32.2. The van der Waals surface area contributed by atoms with Gasteiger partial charge in [-0.15, -0.1) is 0 Å². The number of nitrogens with zero attached hydrogens (tertiary/aromatic N) is 4. The van der Waals surface area contributed by atoms with Crippen molar-refractivity contribution in [1.29, 1.82) is 0 Å². The topological polar surface area (TPSA) is 108 Å². The third-order valence-corrected chi connectivity index (χ3v) is 8.72. The van der Waals surface area contributed by atoms with Gasteiger partial charge in [0.15, 0.2) is 5.65 Å². The minimum atomic E-state index is -3.80. The fraction of sp³-hybridized carbons (Fsp3) is 0.400. The monoisotopic (exact) mass is 493 g/mol. The molecule has 2 bridgehead atoms. The molecular formula is C25H27N5O4S. The zero-order chi connectivity index (χ0) is 24.8. The van der Waals surface area contributed by atoms with Gasteiger partial charge in [-0.25, -0.2) is 27.2 Å². The van der Waals surface area contributed by atoms with Crippen molar-refractivity contribution in [2.75, 3.05) is 0 Å². The molecule has 4 aromatic rings. The van der Waals surface area contributed by atoms with E-state index in [4.69, 9.17) is 4.74 Å². The second kappa shape index (κ2) is 6.84. The average Bonchev–Trinajstić information content (AvgIpc) is 3.33. The van der Waals surface area contributed by atoms with Crippen LogP contribution in [0.2, 0.25) is 0 Å². The average molecular weight is 494 g/mol. The predicted molar refractivity (Wildman–Crippen MR) is 131 cm³/mol. The van der Waals surface area contributed by atoms with Gasteiger partial charge in [-0.2, -0.15) is 0 Å². The molecule has 0 aliphatic heterocycles. The Bertz CT molecular complexity index is 1590. The Kier molecular flexibility index (Phi) is 4.32. The van der Waals surface area contributed by atoms with Crippen LogP contribution in [0, 0.1) is 6.92 Å². The maximum atomic E-state index is 13.3. The summed E-state index contributed by atoms with van der Waals surface area (Å²) in [6.45, 7) is 7.45. The number of pyridine rings is 1. The molecule has 3 aliphatic carbocycles. The lowest BCUT2D eigenvalue weighted by Crippen LogP contribution is -2.78. The molecule has 35 heavy (non-hydrogen) atoms. The first-order valence-electron chi connectivity index (χ1n) is 11.6. The lowest BCUT2D eigenvalue weighted by Gasteiger charge is -2.70. The number of alkyl carbamates (subject to hydrolysis) is 1. The number of aromatic nitrogens is 4. The number of benzene rings is 1. The molecule has 1 N–H and O–H groups in total. The van der Waals surface area contributed by atoms with Crippen LogP contribution in [-0.4, -0.2) is 44.2 Å². The fourth-order valence-electron chi connectivity index (χ4n) is 5.58. The highest BCUT2D eigenvalue weighted by Crippen LogP contribution is 2.66. The van der Waals surface area contributed by atoms with Crippen molar-refractivity contribution in [3.05, 3.63) is 54.6 Å². The first-order chi connectivity index (χ1) is 16.4. The SMILES string of the molecule is Cc1ccc(S(=O)(=O)n2ccc3c4c(cnc32)ncn4C23CC(NC(=O)OC(C)(C)C)(C2)C3)cc1. The van der Waals surface area contributed by atoms with Gasteiger partial charge < -0.3 is 14.6 Å². The van der Waals surface area contributed by atoms with E-state index in [1.807, 2.05) is 27.7 Å². The summed E-state index contributed by atoms with van der Waals surface area (Å²) >= 11 is 0. The van der Waals surface area contributed by atoms with Gasteiger partial charge in [-0.05, 0) is 65.2 Å². The number of fused-ring (bicyclic) bond motifs is 3. The van der Waals surface area contributed by atoms with Crippen LogP contribution < -0.4 is 5.32 Å². The standard InChI is InChI=1S/C25H27N5O4S/c1-16-5-7-17(8-6-16)35(32,33)30-10-9-18-20-19(11-26-21(18)30)27-15-29(20)25-12-24(13-25,14-25)28-22(31)34-23(2,3)4/h5-11,15H,12-14H2,1-4H3,(H,28,31). The van der Waals surface area contributed by atoms with Crippen molar-refractivity contribution in [3.8, 4) is 0 Å². The Balaban J connectivity index is 1.34. The van der Waals surface area contributed by atoms with Crippen LogP contribution >= 0.6 is 0 Å². The first-order valence-corrected chi connectivity index (χ1v) is 13.0. The second-order valence-corrected chi connectivity index (χ2v) is 12.8. The summed E-state index contributed by atoms with van der Waals surface area (Å²) in [7, 11) is -3.80. The van der Waals surface area contributed by atoms with Crippen LogP contribution in [0.15, 0.2) is 53.9 Å². The van der Waals surface area contributed by atoms with E-state index < -0.39 is 21.7 Å². The Labute approximate surface area is 203 Å². The smallest absolute Gasteiger partial charge is 0.408 e. The number of aryl methyl sites for hydroxylation is 1. The normalized spacial score (nSPS) is 23.7. The molecule has 1 amide bonds. The molecule has 3 fully saturated rings. The van der Waals surface area contributed by atoms with Gasteiger partial charge in [-0.1, -0.05) is 17.7 Å². The Hall–Kier alpha value is -3.40. The van der Waals surface area contributed by atoms with Crippen LogP contribution in [0.25, 0.3) is 22.1 Å². The molecule has 9 nitrogen and oxygen atoms in total. The predicted octanol–water partition coefficient (Wildman–Crippen LogP) is 4.09. The summed E-state index contributed by atoms with van der Waals surface area (Å²) in [6.07, 6.45) is 6.90. The van der Waals surface area contributed by atoms with Crippen LogP contribution in [0.5, 0.6) is 0 Å². The largest absolute Gasteiger partial charge is 0.444 e. The third-order valence-electron chi connectivity index (χ3n) is 7.04. The molecule has 182 valence electrons. The van der Waals surface area contributed by atoms with Crippen molar-refractivity contribution >= 4 is 38.2 Å². The van der Waals surface area contributed by atoms with Gasteiger partial charge >= 0.3 is 6.09 Å².